The largest absolute Gasteiger partial charge is 0.457 e. The molecule has 262 valence electrons. The van der Waals surface area contributed by atoms with Crippen molar-refractivity contribution in [3.63, 3.8) is 0 Å². The highest BCUT2D eigenvalue weighted by Gasteiger charge is 2.50. The van der Waals surface area contributed by atoms with Crippen molar-refractivity contribution in [1.29, 1.82) is 0 Å². The standard InChI is InChI=1S/C52H33N3O/c1-3-16-34(17-4-1)49-53-50(35-18-5-2-6-19-35)55-51(54-49)38-21-15-20-36(32-38)39-22-7-8-23-40(39)37-30-31-46-48(33-37)56-47-29-14-13-28-45(47)52(46)43-26-11-9-24-41(43)42-25-10-12-27-44(42)52/h1-33H. The highest BCUT2D eigenvalue weighted by atomic mass is 16.5. The fraction of sp³-hybridized carbons (Fsp3) is 0.0192. The summed E-state index contributed by atoms with van der Waals surface area (Å²) in [6, 6.07) is 70.2. The molecule has 0 saturated heterocycles. The van der Waals surface area contributed by atoms with Gasteiger partial charge in [-0.25, -0.2) is 15.0 Å². The molecule has 9 aromatic rings. The summed E-state index contributed by atoms with van der Waals surface area (Å²) in [6.07, 6.45) is 0. The number of hydrogen-bond acceptors (Lipinski definition) is 4. The van der Waals surface area contributed by atoms with Crippen LogP contribution in [0.1, 0.15) is 22.3 Å². The zero-order valence-electron chi connectivity index (χ0n) is 30.3. The lowest BCUT2D eigenvalue weighted by molar-refractivity contribution is 0.436. The Hall–Kier alpha value is -7.43. The van der Waals surface area contributed by atoms with Crippen LogP contribution in [0.4, 0.5) is 0 Å². The maximum atomic E-state index is 6.85. The van der Waals surface area contributed by atoms with Gasteiger partial charge in [0.15, 0.2) is 17.5 Å². The van der Waals surface area contributed by atoms with Gasteiger partial charge < -0.3 is 4.74 Å². The molecular weight excluding hydrogens is 683 g/mol. The second-order valence-corrected chi connectivity index (χ2v) is 14.3. The van der Waals surface area contributed by atoms with Gasteiger partial charge in [-0.05, 0) is 62.7 Å². The minimum absolute atomic E-state index is 0.495. The second kappa shape index (κ2) is 12.9. The van der Waals surface area contributed by atoms with E-state index >= 15 is 0 Å². The van der Waals surface area contributed by atoms with Crippen LogP contribution in [0, 0.1) is 0 Å². The SMILES string of the molecule is c1ccc(-c2nc(-c3ccccc3)nc(-c3cccc(-c4ccccc4-c4ccc5c(c4)Oc4ccccc4C54c5ccccc5-c5ccccc54)c3)n2)cc1. The van der Waals surface area contributed by atoms with E-state index in [0.29, 0.717) is 17.5 Å². The minimum Gasteiger partial charge on any atom is -0.457 e. The van der Waals surface area contributed by atoms with Crippen molar-refractivity contribution in [3.05, 3.63) is 222 Å². The first-order valence-electron chi connectivity index (χ1n) is 18.9. The third kappa shape index (κ3) is 4.96. The van der Waals surface area contributed by atoms with Gasteiger partial charge in [-0.1, -0.05) is 182 Å². The molecule has 0 bridgehead atoms. The van der Waals surface area contributed by atoms with Crippen LogP contribution in [-0.2, 0) is 5.41 Å². The predicted molar refractivity (Wildman–Crippen MR) is 224 cm³/mol. The van der Waals surface area contributed by atoms with Crippen LogP contribution < -0.4 is 4.74 Å². The Morgan fingerprint density at radius 1 is 0.286 bits per heavy atom. The Labute approximate surface area is 325 Å². The van der Waals surface area contributed by atoms with E-state index in [9.17, 15) is 0 Å². The van der Waals surface area contributed by atoms with E-state index < -0.39 is 5.41 Å². The molecule has 8 aromatic carbocycles. The lowest BCUT2D eigenvalue weighted by atomic mass is 9.66. The van der Waals surface area contributed by atoms with Gasteiger partial charge in [0.2, 0.25) is 0 Å². The third-order valence-electron chi connectivity index (χ3n) is 11.2. The highest BCUT2D eigenvalue weighted by molar-refractivity contribution is 5.90. The Kier molecular flexibility index (Phi) is 7.36. The Morgan fingerprint density at radius 3 is 1.32 bits per heavy atom. The molecule has 1 aliphatic heterocycles. The van der Waals surface area contributed by atoms with Crippen molar-refractivity contribution in [2.75, 3.05) is 0 Å². The lowest BCUT2D eigenvalue weighted by Crippen LogP contribution is -2.32. The van der Waals surface area contributed by atoms with Crippen molar-refractivity contribution in [2.45, 2.75) is 5.41 Å². The summed E-state index contributed by atoms with van der Waals surface area (Å²) in [7, 11) is 0. The lowest BCUT2D eigenvalue weighted by Gasteiger charge is -2.39. The number of para-hydroxylation sites is 1. The third-order valence-corrected chi connectivity index (χ3v) is 11.2. The molecule has 0 fully saturated rings. The van der Waals surface area contributed by atoms with Gasteiger partial charge in [0, 0.05) is 27.8 Å². The molecule has 0 unspecified atom stereocenters. The van der Waals surface area contributed by atoms with E-state index in [0.717, 1.165) is 56.0 Å². The van der Waals surface area contributed by atoms with Crippen LogP contribution >= 0.6 is 0 Å². The molecule has 2 heterocycles. The van der Waals surface area contributed by atoms with Crippen LogP contribution in [0.3, 0.4) is 0 Å². The quantitative estimate of drug-likeness (QED) is 0.178. The summed E-state index contributed by atoms with van der Waals surface area (Å²) < 4.78 is 6.85. The maximum absolute atomic E-state index is 6.85. The molecule has 1 spiro atoms. The average molecular weight is 716 g/mol. The van der Waals surface area contributed by atoms with Crippen molar-refractivity contribution >= 4 is 0 Å². The smallest absolute Gasteiger partial charge is 0.164 e. The fourth-order valence-electron chi connectivity index (χ4n) is 8.78. The van der Waals surface area contributed by atoms with Crippen molar-refractivity contribution in [2.24, 2.45) is 0 Å². The first-order valence-corrected chi connectivity index (χ1v) is 18.9. The molecule has 4 heteroatoms. The molecule has 1 aromatic heterocycles. The van der Waals surface area contributed by atoms with E-state index in [1.807, 2.05) is 60.7 Å². The zero-order chi connectivity index (χ0) is 37.1. The fourth-order valence-corrected chi connectivity index (χ4v) is 8.78. The molecule has 2 aliphatic rings. The van der Waals surface area contributed by atoms with E-state index in [2.05, 4.69) is 140 Å². The zero-order valence-corrected chi connectivity index (χ0v) is 30.3. The van der Waals surface area contributed by atoms with Gasteiger partial charge in [0.05, 0.1) is 5.41 Å². The Bertz CT molecular complexity index is 2850. The number of rotatable bonds is 5. The molecule has 1 aliphatic carbocycles. The second-order valence-electron chi connectivity index (χ2n) is 14.3. The summed E-state index contributed by atoms with van der Waals surface area (Å²) in [6.45, 7) is 0. The number of ether oxygens (including phenoxy) is 1. The summed E-state index contributed by atoms with van der Waals surface area (Å²) in [5, 5.41) is 0. The van der Waals surface area contributed by atoms with Crippen molar-refractivity contribution < 1.29 is 4.74 Å². The minimum atomic E-state index is -0.495. The number of hydrogen-bond donors (Lipinski definition) is 0. The number of nitrogens with zero attached hydrogens (tertiary/aromatic N) is 3. The summed E-state index contributed by atoms with van der Waals surface area (Å²) in [5.41, 5.74) is 14.1. The molecule has 0 atom stereocenters. The molecule has 0 N–H and O–H groups in total. The van der Waals surface area contributed by atoms with E-state index in [4.69, 9.17) is 19.7 Å². The topological polar surface area (TPSA) is 47.9 Å². The molecule has 11 rings (SSSR count). The van der Waals surface area contributed by atoms with Crippen LogP contribution in [0.5, 0.6) is 11.5 Å². The monoisotopic (exact) mass is 715 g/mol. The Balaban J connectivity index is 1.04. The first kappa shape index (κ1) is 32.0. The van der Waals surface area contributed by atoms with Crippen LogP contribution in [0.2, 0.25) is 0 Å². The van der Waals surface area contributed by atoms with E-state index in [-0.39, 0.29) is 0 Å². The van der Waals surface area contributed by atoms with Gasteiger partial charge in [0.25, 0.3) is 0 Å². The van der Waals surface area contributed by atoms with Crippen molar-refractivity contribution in [1.82, 2.24) is 15.0 Å². The molecule has 0 amide bonds. The van der Waals surface area contributed by atoms with Gasteiger partial charge >= 0.3 is 0 Å². The molecule has 56 heavy (non-hydrogen) atoms. The van der Waals surface area contributed by atoms with Gasteiger partial charge in [-0.2, -0.15) is 0 Å². The van der Waals surface area contributed by atoms with Gasteiger partial charge in [-0.3, -0.25) is 0 Å². The highest BCUT2D eigenvalue weighted by Crippen LogP contribution is 2.62. The van der Waals surface area contributed by atoms with E-state index in [1.165, 1.54) is 27.8 Å². The molecular formula is C52H33N3O. The molecule has 0 saturated carbocycles. The van der Waals surface area contributed by atoms with Crippen LogP contribution in [0.15, 0.2) is 200 Å². The summed E-state index contributed by atoms with van der Waals surface area (Å²) >= 11 is 0. The van der Waals surface area contributed by atoms with Gasteiger partial charge in [-0.15, -0.1) is 0 Å². The van der Waals surface area contributed by atoms with Gasteiger partial charge in [0.1, 0.15) is 11.5 Å². The summed E-state index contributed by atoms with van der Waals surface area (Å²) in [4.78, 5) is 14.9. The van der Waals surface area contributed by atoms with Crippen molar-refractivity contribution in [3.8, 4) is 79.0 Å². The van der Waals surface area contributed by atoms with Crippen LogP contribution in [0.25, 0.3) is 67.5 Å². The number of fused-ring (bicyclic) bond motifs is 9. The average Bonchev–Trinajstić information content (AvgIpc) is 3.57. The Morgan fingerprint density at radius 2 is 0.714 bits per heavy atom. The number of benzene rings is 8. The predicted octanol–water partition coefficient (Wildman–Crippen LogP) is 12.7. The normalized spacial score (nSPS) is 12.9. The maximum Gasteiger partial charge on any atom is 0.164 e. The first-order chi connectivity index (χ1) is 27.8. The van der Waals surface area contributed by atoms with Crippen LogP contribution in [-0.4, -0.2) is 15.0 Å². The van der Waals surface area contributed by atoms with E-state index in [1.54, 1.807) is 0 Å². The molecule has 0 radical (unpaired) electrons. The summed E-state index contributed by atoms with van der Waals surface area (Å²) in [5.74, 6) is 3.65. The number of aromatic nitrogens is 3. The molecule has 4 nitrogen and oxygen atoms in total.